The third-order valence-corrected chi connectivity index (χ3v) is 6.84. The van der Waals surface area contributed by atoms with Gasteiger partial charge in [0.1, 0.15) is 18.4 Å². The van der Waals surface area contributed by atoms with Crippen molar-refractivity contribution >= 4 is 13.2 Å². The summed E-state index contributed by atoms with van der Waals surface area (Å²) in [7, 11) is -3.38. The zero-order valence-corrected chi connectivity index (χ0v) is 16.3. The van der Waals surface area contributed by atoms with E-state index >= 15 is 0 Å². The molecule has 0 radical (unpaired) electrons. The van der Waals surface area contributed by atoms with Crippen LogP contribution >= 0.6 is 7.60 Å². The molecule has 0 amide bonds. The number of fused-ring (bicyclic) bond motifs is 1. The molecule has 1 N–H and O–H groups in total. The molecule has 4 atom stereocenters. The molecule has 0 unspecified atom stereocenters. The average molecular weight is 404 g/mol. The Morgan fingerprint density at radius 1 is 1.29 bits per heavy atom. The molecule has 2 aliphatic rings. The van der Waals surface area contributed by atoms with Crippen molar-refractivity contribution in [2.75, 3.05) is 12.8 Å². The lowest BCUT2D eigenvalue weighted by Gasteiger charge is -2.31. The SMILES string of the molecule is C=C(C[P@]1(=O)OC[C@H]2O[C@@H](n3cc(C)c(=O)[nH]c3=O)C[C@@H]2O1)c1ccccc1. The Hall–Kier alpha value is -2.25. The normalized spacial score (nSPS) is 29.4. The van der Waals surface area contributed by atoms with E-state index in [9.17, 15) is 14.2 Å². The summed E-state index contributed by atoms with van der Waals surface area (Å²) in [6, 6.07) is 9.44. The average Bonchev–Trinajstić information content (AvgIpc) is 3.07. The lowest BCUT2D eigenvalue weighted by Crippen LogP contribution is -2.34. The number of aromatic nitrogens is 2. The first-order chi connectivity index (χ1) is 13.3. The van der Waals surface area contributed by atoms with Gasteiger partial charge in [-0.2, -0.15) is 0 Å². The number of aryl methyl sites for hydroxylation is 1. The van der Waals surface area contributed by atoms with Gasteiger partial charge in [-0.1, -0.05) is 36.9 Å². The molecule has 4 rings (SSSR count). The molecule has 148 valence electrons. The highest BCUT2D eigenvalue weighted by Gasteiger charge is 2.47. The van der Waals surface area contributed by atoms with Crippen molar-refractivity contribution in [3.05, 3.63) is 75.1 Å². The van der Waals surface area contributed by atoms with Gasteiger partial charge in [0.25, 0.3) is 5.56 Å². The first-order valence-electron chi connectivity index (χ1n) is 8.97. The van der Waals surface area contributed by atoms with E-state index in [0.29, 0.717) is 17.6 Å². The van der Waals surface area contributed by atoms with E-state index < -0.39 is 37.3 Å². The molecule has 2 aromatic rings. The number of H-pyrrole nitrogens is 1. The molecule has 0 bridgehead atoms. The maximum absolute atomic E-state index is 13.1. The van der Waals surface area contributed by atoms with Crippen molar-refractivity contribution in [2.24, 2.45) is 0 Å². The van der Waals surface area contributed by atoms with E-state index in [1.165, 1.54) is 10.8 Å². The Morgan fingerprint density at radius 3 is 2.79 bits per heavy atom. The first kappa shape index (κ1) is 19.1. The zero-order valence-electron chi connectivity index (χ0n) is 15.4. The van der Waals surface area contributed by atoms with Crippen LogP contribution in [-0.2, 0) is 18.3 Å². The number of aromatic amines is 1. The molecular weight excluding hydrogens is 383 g/mol. The maximum Gasteiger partial charge on any atom is 0.335 e. The molecule has 2 fully saturated rings. The summed E-state index contributed by atoms with van der Waals surface area (Å²) in [6.45, 7) is 5.72. The van der Waals surface area contributed by atoms with E-state index in [1.807, 2.05) is 30.3 Å². The molecule has 8 nitrogen and oxygen atoms in total. The second kappa shape index (κ2) is 7.29. The van der Waals surface area contributed by atoms with Gasteiger partial charge in [0.2, 0.25) is 0 Å². The van der Waals surface area contributed by atoms with Gasteiger partial charge in [0, 0.05) is 18.2 Å². The number of rotatable bonds is 4. The molecular formula is C19H21N2O6P. The van der Waals surface area contributed by atoms with Gasteiger partial charge in [0.05, 0.1) is 12.8 Å². The summed E-state index contributed by atoms with van der Waals surface area (Å²) in [5.74, 6) is 0. The molecule has 9 heteroatoms. The Labute approximate surface area is 161 Å². The van der Waals surface area contributed by atoms with E-state index in [4.69, 9.17) is 13.8 Å². The van der Waals surface area contributed by atoms with Crippen molar-refractivity contribution in [1.82, 2.24) is 9.55 Å². The van der Waals surface area contributed by atoms with E-state index in [2.05, 4.69) is 11.6 Å². The molecule has 3 heterocycles. The third-order valence-electron chi connectivity index (χ3n) is 4.93. The number of allylic oxidation sites excluding steroid dienone is 1. The predicted octanol–water partition coefficient (Wildman–Crippen LogP) is 2.45. The summed E-state index contributed by atoms with van der Waals surface area (Å²) in [4.78, 5) is 25.9. The molecule has 0 aliphatic carbocycles. The van der Waals surface area contributed by atoms with Crippen LogP contribution in [0.3, 0.4) is 0 Å². The molecule has 2 saturated heterocycles. The van der Waals surface area contributed by atoms with Crippen LogP contribution in [0.25, 0.3) is 5.57 Å². The van der Waals surface area contributed by atoms with Gasteiger partial charge < -0.3 is 13.8 Å². The van der Waals surface area contributed by atoms with Crippen molar-refractivity contribution in [3.63, 3.8) is 0 Å². The van der Waals surface area contributed by atoms with Crippen molar-refractivity contribution in [3.8, 4) is 0 Å². The van der Waals surface area contributed by atoms with Crippen LogP contribution in [0.15, 0.2) is 52.7 Å². The second-order valence-corrected chi connectivity index (χ2v) is 9.03. The van der Waals surface area contributed by atoms with Gasteiger partial charge in [-0.25, -0.2) is 4.79 Å². The molecule has 1 aromatic heterocycles. The minimum absolute atomic E-state index is 0.0859. The van der Waals surface area contributed by atoms with Crippen LogP contribution in [-0.4, -0.2) is 34.5 Å². The van der Waals surface area contributed by atoms with Crippen LogP contribution in [0.4, 0.5) is 0 Å². The maximum atomic E-state index is 13.1. The quantitative estimate of drug-likeness (QED) is 0.786. The van der Waals surface area contributed by atoms with Crippen LogP contribution in [0, 0.1) is 6.92 Å². The van der Waals surface area contributed by atoms with Gasteiger partial charge in [-0.05, 0) is 18.1 Å². The molecule has 0 spiro atoms. The van der Waals surface area contributed by atoms with E-state index in [0.717, 1.165) is 5.56 Å². The summed E-state index contributed by atoms with van der Waals surface area (Å²) >= 11 is 0. The number of ether oxygens (including phenoxy) is 1. The number of nitrogens with zero attached hydrogens (tertiary/aromatic N) is 1. The van der Waals surface area contributed by atoms with Crippen LogP contribution in [0.5, 0.6) is 0 Å². The van der Waals surface area contributed by atoms with Crippen LogP contribution in [0.1, 0.15) is 23.8 Å². The minimum Gasteiger partial charge on any atom is -0.349 e. The molecule has 28 heavy (non-hydrogen) atoms. The van der Waals surface area contributed by atoms with Crippen LogP contribution < -0.4 is 11.2 Å². The Kier molecular flexibility index (Phi) is 4.97. The zero-order chi connectivity index (χ0) is 19.9. The Balaban J connectivity index is 1.48. The fourth-order valence-electron chi connectivity index (χ4n) is 3.44. The standard InChI is InChI=1S/C19H21N2O6P/c1-12-9-21(19(23)20-18(12)22)17-8-15-16(26-17)10-25-28(24,27-15)11-13(2)14-6-4-3-5-7-14/h3-7,9,15-17H,2,8,10-11H2,1H3,(H,20,22,23)/t15-,16+,17+,28-/m0/s1. The summed E-state index contributed by atoms with van der Waals surface area (Å²) in [6.07, 6.45) is 0.360. The summed E-state index contributed by atoms with van der Waals surface area (Å²) in [5, 5.41) is 0. The molecule has 2 aliphatic heterocycles. The number of hydrogen-bond donors (Lipinski definition) is 1. The number of nitrogens with one attached hydrogen (secondary N) is 1. The van der Waals surface area contributed by atoms with Crippen molar-refractivity contribution in [2.45, 2.75) is 31.8 Å². The Bertz CT molecular complexity index is 1060. The summed E-state index contributed by atoms with van der Waals surface area (Å²) in [5.41, 5.74) is 0.967. The predicted molar refractivity (Wildman–Crippen MR) is 103 cm³/mol. The Morgan fingerprint density at radius 2 is 2.04 bits per heavy atom. The topological polar surface area (TPSA) is 99.6 Å². The first-order valence-corrected chi connectivity index (χ1v) is 10.7. The highest BCUT2D eigenvalue weighted by Crippen LogP contribution is 2.57. The lowest BCUT2D eigenvalue weighted by molar-refractivity contribution is -0.0584. The second-order valence-electron chi connectivity index (χ2n) is 7.02. The van der Waals surface area contributed by atoms with E-state index in [-0.39, 0.29) is 12.8 Å². The van der Waals surface area contributed by atoms with Gasteiger partial charge in [-0.15, -0.1) is 0 Å². The lowest BCUT2D eigenvalue weighted by atomic mass is 10.1. The largest absolute Gasteiger partial charge is 0.349 e. The van der Waals surface area contributed by atoms with E-state index in [1.54, 1.807) is 6.92 Å². The van der Waals surface area contributed by atoms with Crippen LogP contribution in [0.2, 0.25) is 0 Å². The van der Waals surface area contributed by atoms with Gasteiger partial charge in [0.15, 0.2) is 0 Å². The minimum atomic E-state index is -3.38. The number of benzene rings is 1. The fourth-order valence-corrected chi connectivity index (χ4v) is 5.32. The summed E-state index contributed by atoms with van der Waals surface area (Å²) < 4.78 is 31.6. The van der Waals surface area contributed by atoms with Crippen molar-refractivity contribution in [1.29, 1.82) is 0 Å². The van der Waals surface area contributed by atoms with Gasteiger partial charge in [-0.3, -0.25) is 18.9 Å². The van der Waals surface area contributed by atoms with Gasteiger partial charge >= 0.3 is 13.3 Å². The third kappa shape index (κ3) is 3.69. The number of hydrogen-bond acceptors (Lipinski definition) is 6. The molecule has 1 aromatic carbocycles. The fraction of sp³-hybridized carbons (Fsp3) is 0.368. The highest BCUT2D eigenvalue weighted by atomic mass is 31.2. The monoisotopic (exact) mass is 404 g/mol. The molecule has 0 saturated carbocycles. The smallest absolute Gasteiger partial charge is 0.335 e. The van der Waals surface area contributed by atoms with Crippen molar-refractivity contribution < 1.29 is 18.3 Å². The highest BCUT2D eigenvalue weighted by molar-refractivity contribution is 7.54.